The summed E-state index contributed by atoms with van der Waals surface area (Å²) in [5.74, 6) is -0.461. The third kappa shape index (κ3) is 4.14. The summed E-state index contributed by atoms with van der Waals surface area (Å²) in [6.07, 6.45) is 6.55. The quantitative estimate of drug-likeness (QED) is 0.756. The van der Waals surface area contributed by atoms with E-state index < -0.39 is 5.95 Å². The molecule has 142 valence electrons. The van der Waals surface area contributed by atoms with Crippen molar-refractivity contribution in [1.82, 2.24) is 14.9 Å². The highest BCUT2D eigenvalue weighted by Gasteiger charge is 2.43. The molecule has 0 spiro atoms. The van der Waals surface area contributed by atoms with E-state index in [9.17, 15) is 9.18 Å². The Morgan fingerprint density at radius 2 is 2.11 bits per heavy atom. The van der Waals surface area contributed by atoms with Crippen molar-refractivity contribution in [1.29, 1.82) is 0 Å². The lowest BCUT2D eigenvalue weighted by Gasteiger charge is -2.37. The molecule has 0 N–H and O–H groups in total. The number of pyridine rings is 2. The summed E-state index contributed by atoms with van der Waals surface area (Å²) in [7, 11) is 0. The van der Waals surface area contributed by atoms with Gasteiger partial charge in [-0.1, -0.05) is 0 Å². The molecule has 0 radical (unpaired) electrons. The number of nitrogens with zero attached hydrogens (tertiary/aromatic N) is 3. The molecule has 0 bridgehead atoms. The first-order chi connectivity index (χ1) is 13.2. The van der Waals surface area contributed by atoms with Crippen molar-refractivity contribution in [3.63, 3.8) is 0 Å². The van der Waals surface area contributed by atoms with Crippen LogP contribution in [-0.4, -0.2) is 52.7 Å². The molecule has 2 aromatic heterocycles. The summed E-state index contributed by atoms with van der Waals surface area (Å²) in [4.78, 5) is 22.2. The summed E-state index contributed by atoms with van der Waals surface area (Å²) in [6, 6.07) is 6.63. The number of morpholine rings is 1. The number of halogens is 1. The normalized spacial score (nSPS) is 24.6. The Morgan fingerprint density at radius 3 is 2.93 bits per heavy atom. The van der Waals surface area contributed by atoms with Crippen LogP contribution in [0, 0.1) is 11.9 Å². The molecular weight excluding hydrogens is 349 g/mol. The van der Waals surface area contributed by atoms with E-state index in [1.165, 1.54) is 12.3 Å². The first-order valence-corrected chi connectivity index (χ1v) is 9.21. The molecule has 1 aliphatic heterocycles. The van der Waals surface area contributed by atoms with Gasteiger partial charge in [-0.05, 0) is 42.5 Å². The number of rotatable bonds is 5. The Morgan fingerprint density at radius 1 is 1.26 bits per heavy atom. The summed E-state index contributed by atoms with van der Waals surface area (Å²) < 4.78 is 25.1. The van der Waals surface area contributed by atoms with Gasteiger partial charge in [-0.2, -0.15) is 4.39 Å². The van der Waals surface area contributed by atoms with Crippen LogP contribution in [0.2, 0.25) is 0 Å². The summed E-state index contributed by atoms with van der Waals surface area (Å²) >= 11 is 0. The number of hydrogen-bond acceptors (Lipinski definition) is 5. The van der Waals surface area contributed by atoms with Crippen molar-refractivity contribution in [2.45, 2.75) is 31.6 Å². The van der Waals surface area contributed by atoms with Gasteiger partial charge in [-0.15, -0.1) is 0 Å². The van der Waals surface area contributed by atoms with E-state index in [1.807, 2.05) is 17.0 Å². The first kappa shape index (κ1) is 18.0. The lowest BCUT2D eigenvalue weighted by Crippen LogP contribution is -2.51. The molecule has 2 aliphatic rings. The van der Waals surface area contributed by atoms with E-state index in [-0.39, 0.29) is 18.1 Å². The Bertz CT molecular complexity index is 789. The third-order valence-electron chi connectivity index (χ3n) is 5.24. The van der Waals surface area contributed by atoms with Gasteiger partial charge in [0.05, 0.1) is 32.0 Å². The van der Waals surface area contributed by atoms with E-state index in [1.54, 1.807) is 18.5 Å². The van der Waals surface area contributed by atoms with Gasteiger partial charge in [0.2, 0.25) is 5.95 Å². The SMILES string of the molecule is O=C(c1ccnc(F)c1)N1CCO[C@@H]2C[C@@H](COCc3ccncc3)C[C@H]21. The predicted molar refractivity (Wildman–Crippen MR) is 95.4 cm³/mol. The second-order valence-electron chi connectivity index (χ2n) is 7.05. The van der Waals surface area contributed by atoms with E-state index in [0.29, 0.717) is 37.8 Å². The monoisotopic (exact) mass is 371 g/mol. The molecule has 2 fully saturated rings. The highest BCUT2D eigenvalue weighted by Crippen LogP contribution is 2.35. The van der Waals surface area contributed by atoms with E-state index in [2.05, 4.69) is 9.97 Å². The summed E-state index contributed by atoms with van der Waals surface area (Å²) in [5, 5.41) is 0. The molecule has 1 amide bonds. The Balaban J connectivity index is 1.36. The van der Waals surface area contributed by atoms with E-state index >= 15 is 0 Å². The van der Waals surface area contributed by atoms with Crippen molar-refractivity contribution in [2.75, 3.05) is 19.8 Å². The zero-order valence-electron chi connectivity index (χ0n) is 15.0. The van der Waals surface area contributed by atoms with Crippen LogP contribution in [0.3, 0.4) is 0 Å². The Labute approximate surface area is 157 Å². The van der Waals surface area contributed by atoms with Crippen LogP contribution in [-0.2, 0) is 16.1 Å². The van der Waals surface area contributed by atoms with Crippen molar-refractivity contribution in [2.24, 2.45) is 5.92 Å². The number of aromatic nitrogens is 2. The van der Waals surface area contributed by atoms with Crippen LogP contribution in [0.4, 0.5) is 4.39 Å². The van der Waals surface area contributed by atoms with Crippen LogP contribution >= 0.6 is 0 Å². The highest BCUT2D eigenvalue weighted by molar-refractivity contribution is 5.94. The molecule has 3 atom stereocenters. The van der Waals surface area contributed by atoms with Gasteiger partial charge >= 0.3 is 0 Å². The minimum atomic E-state index is -0.639. The largest absolute Gasteiger partial charge is 0.376 e. The maximum Gasteiger partial charge on any atom is 0.254 e. The minimum Gasteiger partial charge on any atom is -0.376 e. The lowest BCUT2D eigenvalue weighted by molar-refractivity contribution is -0.0450. The van der Waals surface area contributed by atoms with Crippen LogP contribution < -0.4 is 0 Å². The smallest absolute Gasteiger partial charge is 0.254 e. The number of carbonyl (C=O) groups is 1. The van der Waals surface area contributed by atoms with Crippen molar-refractivity contribution in [3.8, 4) is 0 Å². The molecule has 6 nitrogen and oxygen atoms in total. The maximum atomic E-state index is 13.4. The van der Waals surface area contributed by atoms with Crippen molar-refractivity contribution in [3.05, 3.63) is 59.9 Å². The second-order valence-corrected chi connectivity index (χ2v) is 7.05. The van der Waals surface area contributed by atoms with Crippen LogP contribution in [0.5, 0.6) is 0 Å². The summed E-state index contributed by atoms with van der Waals surface area (Å²) in [6.45, 7) is 2.21. The van der Waals surface area contributed by atoms with Crippen LogP contribution in [0.1, 0.15) is 28.8 Å². The fourth-order valence-corrected chi connectivity index (χ4v) is 3.96. The molecule has 1 saturated carbocycles. The van der Waals surface area contributed by atoms with Crippen molar-refractivity contribution >= 4 is 5.91 Å². The fourth-order valence-electron chi connectivity index (χ4n) is 3.96. The van der Waals surface area contributed by atoms with Gasteiger partial charge in [-0.25, -0.2) is 4.98 Å². The zero-order valence-corrected chi connectivity index (χ0v) is 15.0. The molecule has 1 saturated heterocycles. The molecule has 1 aliphatic carbocycles. The lowest BCUT2D eigenvalue weighted by atomic mass is 10.1. The molecule has 2 aromatic rings. The highest BCUT2D eigenvalue weighted by atomic mass is 19.1. The Kier molecular flexibility index (Phi) is 5.40. The molecular formula is C20H22FN3O3. The Hall–Kier alpha value is -2.38. The predicted octanol–water partition coefficient (Wildman–Crippen LogP) is 2.45. The third-order valence-corrected chi connectivity index (χ3v) is 5.24. The van der Waals surface area contributed by atoms with Gasteiger partial charge < -0.3 is 14.4 Å². The molecule has 0 unspecified atom stereocenters. The van der Waals surface area contributed by atoms with Crippen molar-refractivity contribution < 1.29 is 18.7 Å². The number of fused-ring (bicyclic) bond motifs is 1. The van der Waals surface area contributed by atoms with Gasteiger partial charge in [-0.3, -0.25) is 9.78 Å². The average Bonchev–Trinajstić information content (AvgIpc) is 3.11. The zero-order chi connectivity index (χ0) is 18.6. The first-order valence-electron chi connectivity index (χ1n) is 9.21. The fraction of sp³-hybridized carbons (Fsp3) is 0.450. The molecule has 3 heterocycles. The van der Waals surface area contributed by atoms with Gasteiger partial charge in [0.15, 0.2) is 0 Å². The number of ether oxygens (including phenoxy) is 2. The van der Waals surface area contributed by atoms with E-state index in [4.69, 9.17) is 9.47 Å². The number of hydrogen-bond donors (Lipinski definition) is 0. The van der Waals surface area contributed by atoms with Gasteiger partial charge in [0.1, 0.15) is 0 Å². The number of amides is 1. The molecule has 7 heteroatoms. The van der Waals surface area contributed by atoms with Crippen LogP contribution in [0.15, 0.2) is 42.9 Å². The van der Waals surface area contributed by atoms with Gasteiger partial charge in [0.25, 0.3) is 5.91 Å². The standard InChI is InChI=1S/C20H22FN3O3/c21-19-11-16(3-6-23-19)20(25)24-7-8-27-18-10-15(9-17(18)24)13-26-12-14-1-4-22-5-2-14/h1-6,11,15,17-18H,7-10,12-13H2/t15-,17+,18+/m0/s1. The molecule has 27 heavy (non-hydrogen) atoms. The molecule has 0 aromatic carbocycles. The topological polar surface area (TPSA) is 64.6 Å². The average molecular weight is 371 g/mol. The number of carbonyl (C=O) groups excluding carboxylic acids is 1. The maximum absolute atomic E-state index is 13.4. The van der Waals surface area contributed by atoms with Crippen LogP contribution in [0.25, 0.3) is 0 Å². The summed E-state index contributed by atoms with van der Waals surface area (Å²) in [5.41, 5.74) is 1.42. The molecule has 4 rings (SSSR count). The second kappa shape index (κ2) is 8.10. The van der Waals surface area contributed by atoms with E-state index in [0.717, 1.165) is 18.4 Å². The minimum absolute atomic E-state index is 0.0111. The van der Waals surface area contributed by atoms with Gasteiger partial charge in [0, 0.05) is 36.8 Å².